The van der Waals surface area contributed by atoms with E-state index in [1.807, 2.05) is 0 Å². The minimum absolute atomic E-state index is 0.0190. The Morgan fingerprint density at radius 2 is 1.53 bits per heavy atom. The molecule has 0 aliphatic carbocycles. The second-order valence-corrected chi connectivity index (χ2v) is 8.01. The highest BCUT2D eigenvalue weighted by Gasteiger charge is 2.72. The van der Waals surface area contributed by atoms with Gasteiger partial charge < -0.3 is 5.32 Å². The number of hydrogen-bond donors (Lipinski definition) is 2. The van der Waals surface area contributed by atoms with E-state index in [1.54, 1.807) is 5.41 Å². The van der Waals surface area contributed by atoms with E-state index in [4.69, 9.17) is 0 Å². The fourth-order valence-corrected chi connectivity index (χ4v) is 4.77. The predicted molar refractivity (Wildman–Crippen MR) is 100 cm³/mol. The van der Waals surface area contributed by atoms with Crippen molar-refractivity contribution in [3.8, 4) is 0 Å². The van der Waals surface area contributed by atoms with Crippen molar-refractivity contribution < 1.29 is 31.1 Å². The third-order valence-electron chi connectivity index (χ3n) is 5.00. The Morgan fingerprint density at radius 3 is 2.03 bits per heavy atom. The third kappa shape index (κ3) is 2.87. The van der Waals surface area contributed by atoms with Crippen LogP contribution in [0.15, 0.2) is 54.1 Å². The van der Waals surface area contributed by atoms with Gasteiger partial charge >= 0.3 is 23.5 Å². The summed E-state index contributed by atoms with van der Waals surface area (Å²) in [7, 11) is 0. The topological polar surface area (TPSA) is 41.1 Å². The molecule has 0 aromatic heterocycles. The quantitative estimate of drug-likeness (QED) is 0.452. The van der Waals surface area contributed by atoms with Crippen molar-refractivity contribution in [2.75, 3.05) is 0 Å². The summed E-state index contributed by atoms with van der Waals surface area (Å²) in [4.78, 5) is 12.9. The maximum atomic E-state index is 13.4. The second kappa shape index (κ2) is 6.42. The van der Waals surface area contributed by atoms with Crippen LogP contribution in [0, 0.1) is 6.92 Å². The molecule has 0 saturated carbocycles. The molecule has 2 aliphatic heterocycles. The third-order valence-corrected chi connectivity index (χ3v) is 6.10. The first-order chi connectivity index (χ1) is 13.9. The number of halogens is 6. The molecule has 1 fully saturated rings. The second-order valence-electron chi connectivity index (χ2n) is 6.91. The van der Waals surface area contributed by atoms with Crippen LogP contribution in [0.4, 0.5) is 42.5 Å². The standard InChI is InChI=1S/C19H13F6N3OS/c1-11-8-13(18(23,24)25)10-15(9-11)28(16(29)27-19(28)26-6-7-30-19)14-4-2-12(3-5-14)17(20,21)22/h2-10,26H,1H3/p+1. The maximum Gasteiger partial charge on any atom is 0.438 e. The van der Waals surface area contributed by atoms with Crippen molar-refractivity contribution in [1.29, 1.82) is 0 Å². The van der Waals surface area contributed by atoms with Crippen LogP contribution < -0.4 is 15.1 Å². The molecule has 2 aromatic carbocycles. The predicted octanol–water partition coefficient (Wildman–Crippen LogP) is 5.81. The highest BCUT2D eigenvalue weighted by molar-refractivity contribution is 8.03. The number of amides is 2. The molecule has 2 atom stereocenters. The fraction of sp³-hybridized carbons (Fsp3) is 0.211. The van der Waals surface area contributed by atoms with Gasteiger partial charge in [0.1, 0.15) is 0 Å². The first-order valence-corrected chi connectivity index (χ1v) is 9.48. The minimum atomic E-state index is -4.66. The van der Waals surface area contributed by atoms with E-state index in [2.05, 4.69) is 10.6 Å². The van der Waals surface area contributed by atoms with Crippen LogP contribution in [0.5, 0.6) is 0 Å². The van der Waals surface area contributed by atoms with Gasteiger partial charge in [0.25, 0.3) is 0 Å². The number of benzene rings is 2. The number of aryl methyl sites for hydroxylation is 1. The molecule has 4 rings (SSSR count). The zero-order valence-corrected chi connectivity index (χ0v) is 16.0. The largest absolute Gasteiger partial charge is 0.438 e. The Kier molecular flexibility index (Phi) is 4.41. The molecule has 0 radical (unpaired) electrons. The van der Waals surface area contributed by atoms with Crippen molar-refractivity contribution >= 4 is 29.2 Å². The molecule has 4 nitrogen and oxygen atoms in total. The van der Waals surface area contributed by atoms with E-state index >= 15 is 0 Å². The van der Waals surface area contributed by atoms with Crippen molar-refractivity contribution in [2.45, 2.75) is 24.4 Å². The molecule has 0 bridgehead atoms. The van der Waals surface area contributed by atoms with Crippen molar-refractivity contribution in [2.24, 2.45) is 0 Å². The van der Waals surface area contributed by atoms with E-state index < -0.39 is 39.1 Å². The number of carbonyl (C=O) groups is 1. The smallest absolute Gasteiger partial charge is 0.311 e. The van der Waals surface area contributed by atoms with E-state index in [9.17, 15) is 31.1 Å². The van der Waals surface area contributed by atoms with Gasteiger partial charge in [-0.15, -0.1) is 4.48 Å². The summed E-state index contributed by atoms with van der Waals surface area (Å²) in [6.07, 6.45) is -7.73. The van der Waals surface area contributed by atoms with E-state index in [0.29, 0.717) is 0 Å². The number of thioether (sulfide) groups is 1. The molecule has 2 aromatic rings. The summed E-state index contributed by atoms with van der Waals surface area (Å²) in [6.45, 7) is 1.46. The van der Waals surface area contributed by atoms with Crippen molar-refractivity contribution in [1.82, 2.24) is 15.1 Å². The lowest BCUT2D eigenvalue weighted by Gasteiger charge is -2.54. The number of hydrogen-bond acceptors (Lipinski definition) is 3. The van der Waals surface area contributed by atoms with Crippen LogP contribution in [0.2, 0.25) is 0 Å². The lowest BCUT2D eigenvalue weighted by molar-refractivity contribution is -0.138. The van der Waals surface area contributed by atoms with Crippen LogP contribution in [0.25, 0.3) is 0 Å². The Labute approximate surface area is 171 Å². The molecular formula is C19H14F6N3OS+. The van der Waals surface area contributed by atoms with Gasteiger partial charge in [-0.1, -0.05) is 0 Å². The lowest BCUT2D eigenvalue weighted by atomic mass is 10.0. The highest BCUT2D eigenvalue weighted by Crippen LogP contribution is 2.54. The number of nitrogens with zero attached hydrogens (tertiary/aromatic N) is 1. The van der Waals surface area contributed by atoms with Gasteiger partial charge in [-0.25, -0.2) is 10.1 Å². The summed E-state index contributed by atoms with van der Waals surface area (Å²) >= 11 is 1.11. The molecule has 1 spiro atoms. The Bertz CT molecular complexity index is 1040. The number of alkyl halides is 6. The average Bonchev–Trinajstić information content (AvgIpc) is 3.12. The first-order valence-electron chi connectivity index (χ1n) is 8.60. The van der Waals surface area contributed by atoms with Crippen LogP contribution >= 0.6 is 11.8 Å². The van der Waals surface area contributed by atoms with E-state index in [-0.39, 0.29) is 16.9 Å². The number of nitrogens with one attached hydrogen (secondary N) is 2. The number of rotatable bonds is 2. The normalized spacial score (nSPS) is 25.8. The van der Waals surface area contributed by atoms with Gasteiger partial charge in [-0.05, 0) is 47.9 Å². The lowest BCUT2D eigenvalue weighted by Crippen LogP contribution is -2.88. The zero-order chi connectivity index (χ0) is 21.9. The van der Waals surface area contributed by atoms with E-state index in [1.165, 1.54) is 19.2 Å². The Balaban J connectivity index is 1.96. The molecule has 2 aliphatic rings. The van der Waals surface area contributed by atoms with Crippen LogP contribution in [-0.4, -0.2) is 11.1 Å². The Hall–Kier alpha value is -2.66. The summed E-state index contributed by atoms with van der Waals surface area (Å²) in [6, 6.07) is 6.39. The molecule has 2 unspecified atom stereocenters. The van der Waals surface area contributed by atoms with Gasteiger partial charge in [0, 0.05) is 30.5 Å². The monoisotopic (exact) mass is 446 g/mol. The summed E-state index contributed by atoms with van der Waals surface area (Å²) < 4.78 is 78.6. The highest BCUT2D eigenvalue weighted by atomic mass is 32.2. The molecule has 2 N–H and O–H groups in total. The van der Waals surface area contributed by atoms with Crippen LogP contribution in [0.1, 0.15) is 16.7 Å². The fourth-order valence-electron chi connectivity index (χ4n) is 3.70. The summed E-state index contributed by atoms with van der Waals surface area (Å²) in [5, 5.41) is 5.87. The number of quaternary nitrogens is 1. The van der Waals surface area contributed by atoms with Crippen LogP contribution in [0.3, 0.4) is 0 Å². The Morgan fingerprint density at radius 1 is 0.900 bits per heavy atom. The maximum absolute atomic E-state index is 13.4. The van der Waals surface area contributed by atoms with Crippen molar-refractivity contribution in [3.05, 3.63) is 70.8 Å². The average molecular weight is 446 g/mol. The number of carbonyl (C=O) groups excluding carboxylic acids is 1. The molecule has 2 amide bonds. The van der Waals surface area contributed by atoms with Gasteiger partial charge in [-0.3, -0.25) is 0 Å². The van der Waals surface area contributed by atoms with Gasteiger partial charge in [0.05, 0.1) is 11.1 Å². The first kappa shape index (κ1) is 20.6. The molecule has 1 saturated heterocycles. The van der Waals surface area contributed by atoms with Gasteiger partial charge in [-0.2, -0.15) is 26.3 Å². The molecule has 11 heteroatoms. The molecular weight excluding hydrogens is 432 g/mol. The van der Waals surface area contributed by atoms with Gasteiger partial charge in [0.2, 0.25) is 0 Å². The summed E-state index contributed by atoms with van der Waals surface area (Å²) in [5.41, 5.74) is -1.55. The van der Waals surface area contributed by atoms with Crippen LogP contribution in [-0.2, 0) is 12.4 Å². The van der Waals surface area contributed by atoms with Gasteiger partial charge in [0.15, 0.2) is 11.4 Å². The van der Waals surface area contributed by atoms with E-state index in [0.717, 1.165) is 48.2 Å². The molecule has 30 heavy (non-hydrogen) atoms. The van der Waals surface area contributed by atoms with Crippen molar-refractivity contribution in [3.63, 3.8) is 0 Å². The summed E-state index contributed by atoms with van der Waals surface area (Å²) in [5.74, 6) is 0. The zero-order valence-electron chi connectivity index (χ0n) is 15.2. The number of urea groups is 1. The minimum Gasteiger partial charge on any atom is -0.311 e. The SMILES string of the molecule is Cc1cc(C(F)(F)F)cc([N+]2(c3ccc(C(F)(F)F)cc3)C(=O)NC23NC=CS3)c1. The molecule has 158 valence electrons. The molecule has 2 heterocycles.